The maximum Gasteiger partial charge on any atom is 0.243 e. The molecule has 10 heteroatoms. The first-order chi connectivity index (χ1) is 15.3. The monoisotopic (exact) mass is 480 g/mol. The van der Waals surface area contributed by atoms with Crippen molar-refractivity contribution >= 4 is 27.5 Å². The number of aryl methyl sites for hydroxylation is 1. The van der Waals surface area contributed by atoms with Gasteiger partial charge >= 0.3 is 0 Å². The Labute approximate surface area is 193 Å². The third-order valence-electron chi connectivity index (χ3n) is 6.55. The smallest absolute Gasteiger partial charge is 0.243 e. The Hall–Kier alpha value is -1.97. The number of hydrogen-bond donors (Lipinski definition) is 1. The number of sulfonamides is 1. The van der Waals surface area contributed by atoms with E-state index in [0.717, 1.165) is 38.5 Å². The summed E-state index contributed by atoms with van der Waals surface area (Å²) in [5, 5.41) is 7.88. The molecule has 174 valence electrons. The van der Waals surface area contributed by atoms with Gasteiger partial charge in [-0.05, 0) is 49.9 Å². The fourth-order valence-corrected chi connectivity index (χ4v) is 6.28. The minimum absolute atomic E-state index is 0.0575. The molecule has 1 saturated carbocycles. The lowest BCUT2D eigenvalue weighted by Gasteiger charge is -2.35. The molecule has 1 amide bonds. The first-order valence-electron chi connectivity index (χ1n) is 11.2. The van der Waals surface area contributed by atoms with Crippen LogP contribution in [-0.2, 0) is 20.4 Å². The Bertz CT molecular complexity index is 1040. The molecule has 0 radical (unpaired) electrons. The molecular weight excluding hydrogens is 452 g/mol. The zero-order chi connectivity index (χ0) is 22.8. The lowest BCUT2D eigenvalue weighted by atomic mass is 9.87. The number of nitrogens with one attached hydrogen (secondary N) is 1. The molecule has 2 fully saturated rings. The average molecular weight is 481 g/mol. The van der Waals surface area contributed by atoms with E-state index in [1.54, 1.807) is 19.1 Å². The third kappa shape index (κ3) is 4.84. The minimum atomic E-state index is -3.60. The Morgan fingerprint density at radius 1 is 1.12 bits per heavy atom. The number of benzene rings is 1. The highest BCUT2D eigenvalue weighted by atomic mass is 35.5. The van der Waals surface area contributed by atoms with E-state index in [0.29, 0.717) is 42.7 Å². The number of carbonyl (C=O) groups excluding carboxylic acids is 1. The average Bonchev–Trinajstić information content (AvgIpc) is 3.09. The number of aromatic nitrogens is 2. The van der Waals surface area contributed by atoms with Crippen molar-refractivity contribution in [3.63, 3.8) is 0 Å². The highest BCUT2D eigenvalue weighted by molar-refractivity contribution is 7.89. The van der Waals surface area contributed by atoms with Crippen molar-refractivity contribution in [2.24, 2.45) is 5.92 Å². The van der Waals surface area contributed by atoms with E-state index >= 15 is 0 Å². The van der Waals surface area contributed by atoms with Gasteiger partial charge in [-0.2, -0.15) is 9.29 Å². The summed E-state index contributed by atoms with van der Waals surface area (Å²) in [4.78, 5) is 17.9. The summed E-state index contributed by atoms with van der Waals surface area (Å²) in [6, 6.07) is 6.17. The summed E-state index contributed by atoms with van der Waals surface area (Å²) < 4.78 is 32.5. The van der Waals surface area contributed by atoms with Crippen LogP contribution in [0.3, 0.4) is 0 Å². The molecule has 4 rings (SSSR count). The Balaban J connectivity index is 1.43. The van der Waals surface area contributed by atoms with Crippen molar-refractivity contribution in [1.29, 1.82) is 0 Å². The van der Waals surface area contributed by atoms with Gasteiger partial charge < -0.3 is 9.84 Å². The number of nitrogens with zero attached hydrogens (tertiary/aromatic N) is 3. The molecule has 0 unspecified atom stereocenters. The van der Waals surface area contributed by atoms with E-state index in [9.17, 15) is 13.2 Å². The summed E-state index contributed by atoms with van der Waals surface area (Å²) >= 11 is 5.88. The van der Waals surface area contributed by atoms with Crippen LogP contribution in [0, 0.1) is 12.8 Å². The zero-order valence-corrected chi connectivity index (χ0v) is 19.8. The van der Waals surface area contributed by atoms with Crippen LogP contribution >= 0.6 is 11.6 Å². The summed E-state index contributed by atoms with van der Waals surface area (Å²) in [7, 11) is -3.60. The predicted octanol–water partition coefficient (Wildman–Crippen LogP) is 3.80. The van der Waals surface area contributed by atoms with Crippen LogP contribution < -0.4 is 5.32 Å². The van der Waals surface area contributed by atoms with Crippen molar-refractivity contribution in [1.82, 2.24) is 19.8 Å². The van der Waals surface area contributed by atoms with E-state index < -0.39 is 15.6 Å². The van der Waals surface area contributed by atoms with Crippen molar-refractivity contribution in [3.05, 3.63) is 41.0 Å². The molecule has 1 N–H and O–H groups in total. The number of carbonyl (C=O) groups is 1. The molecule has 1 saturated heterocycles. The van der Waals surface area contributed by atoms with E-state index in [1.807, 2.05) is 0 Å². The highest BCUT2D eigenvalue weighted by Crippen LogP contribution is 2.35. The minimum Gasteiger partial charge on any atom is -0.343 e. The molecule has 32 heavy (non-hydrogen) atoms. The van der Waals surface area contributed by atoms with Gasteiger partial charge in [-0.3, -0.25) is 4.79 Å². The summed E-state index contributed by atoms with van der Waals surface area (Å²) in [5.74, 6) is 0.726. The van der Waals surface area contributed by atoms with Gasteiger partial charge in [0.1, 0.15) is 5.54 Å². The third-order valence-corrected chi connectivity index (χ3v) is 8.72. The number of piperidine rings is 1. The summed E-state index contributed by atoms with van der Waals surface area (Å²) in [6.07, 6.45) is 6.73. The van der Waals surface area contributed by atoms with Gasteiger partial charge in [0.05, 0.1) is 4.90 Å². The van der Waals surface area contributed by atoms with Crippen LogP contribution in [0.2, 0.25) is 5.02 Å². The van der Waals surface area contributed by atoms with Crippen molar-refractivity contribution in [2.75, 3.05) is 13.1 Å². The number of hydrogen-bond acceptors (Lipinski definition) is 6. The molecule has 0 spiro atoms. The quantitative estimate of drug-likeness (QED) is 0.652. The topological polar surface area (TPSA) is 105 Å². The SMILES string of the molecule is Cc1nc(C2(NC(=O)C3CCN(S(=O)(=O)c4ccc(Cl)cc4)CC3)CCCCCC2)no1. The molecule has 0 atom stereocenters. The van der Waals surface area contributed by atoms with Crippen molar-refractivity contribution in [2.45, 2.75) is 68.7 Å². The number of amides is 1. The fraction of sp³-hybridized carbons (Fsp3) is 0.591. The van der Waals surface area contributed by atoms with Crippen LogP contribution in [0.25, 0.3) is 0 Å². The maximum atomic E-state index is 13.2. The van der Waals surface area contributed by atoms with Crippen molar-refractivity contribution < 1.29 is 17.7 Å². The highest BCUT2D eigenvalue weighted by Gasteiger charge is 2.41. The molecule has 8 nitrogen and oxygen atoms in total. The molecule has 1 aliphatic carbocycles. The van der Waals surface area contributed by atoms with Gasteiger partial charge in [-0.25, -0.2) is 8.42 Å². The molecule has 1 aromatic carbocycles. The van der Waals surface area contributed by atoms with Crippen molar-refractivity contribution in [3.8, 4) is 0 Å². The first-order valence-corrected chi connectivity index (χ1v) is 13.0. The maximum absolute atomic E-state index is 13.2. The molecule has 2 heterocycles. The van der Waals surface area contributed by atoms with Gasteiger partial charge in [0, 0.05) is 31.0 Å². The number of halogens is 1. The lowest BCUT2D eigenvalue weighted by molar-refractivity contribution is -0.128. The Morgan fingerprint density at radius 2 is 1.75 bits per heavy atom. The number of rotatable bonds is 5. The van der Waals surface area contributed by atoms with Gasteiger partial charge in [-0.1, -0.05) is 42.4 Å². The predicted molar refractivity (Wildman–Crippen MR) is 119 cm³/mol. The Kier molecular flexibility index (Phi) is 6.88. The summed E-state index contributed by atoms with van der Waals surface area (Å²) in [6.45, 7) is 2.36. The largest absolute Gasteiger partial charge is 0.343 e. The lowest BCUT2D eigenvalue weighted by Crippen LogP contribution is -2.50. The van der Waals surface area contributed by atoms with Crippen LogP contribution in [0.15, 0.2) is 33.7 Å². The second kappa shape index (κ2) is 9.49. The molecule has 1 aliphatic heterocycles. The fourth-order valence-electron chi connectivity index (χ4n) is 4.68. The summed E-state index contributed by atoms with van der Waals surface area (Å²) in [5.41, 5.74) is -0.613. The molecule has 2 aliphatic rings. The first kappa shape index (κ1) is 23.2. The normalized spacial score (nSPS) is 20.6. The second-order valence-electron chi connectivity index (χ2n) is 8.75. The second-order valence-corrected chi connectivity index (χ2v) is 11.1. The zero-order valence-electron chi connectivity index (χ0n) is 18.2. The van der Waals surface area contributed by atoms with Crippen LogP contribution in [-0.4, -0.2) is 41.9 Å². The van der Waals surface area contributed by atoms with Gasteiger partial charge in [0.15, 0.2) is 5.82 Å². The van der Waals surface area contributed by atoms with E-state index in [2.05, 4.69) is 15.5 Å². The van der Waals surface area contributed by atoms with Crippen LogP contribution in [0.4, 0.5) is 0 Å². The van der Waals surface area contributed by atoms with Gasteiger partial charge in [-0.15, -0.1) is 0 Å². The van der Waals surface area contributed by atoms with Crippen LogP contribution in [0.1, 0.15) is 63.1 Å². The molecule has 1 aromatic heterocycles. The van der Waals surface area contributed by atoms with Gasteiger partial charge in [0.2, 0.25) is 21.8 Å². The standard InChI is InChI=1S/C22H29ClN4O4S/c1-16-24-21(26-31-16)22(12-4-2-3-5-13-22)25-20(28)17-10-14-27(15-11-17)32(29,30)19-8-6-18(23)7-9-19/h6-9,17H,2-5,10-15H2,1H3,(H,25,28). The Morgan fingerprint density at radius 3 is 2.31 bits per heavy atom. The molecule has 0 bridgehead atoms. The van der Waals surface area contributed by atoms with Gasteiger partial charge in [0.25, 0.3) is 0 Å². The molecular formula is C22H29ClN4O4S. The van der Waals surface area contributed by atoms with E-state index in [4.69, 9.17) is 16.1 Å². The van der Waals surface area contributed by atoms with E-state index in [-0.39, 0.29) is 16.7 Å². The molecule has 2 aromatic rings. The van der Waals surface area contributed by atoms with Crippen LogP contribution in [0.5, 0.6) is 0 Å². The van der Waals surface area contributed by atoms with E-state index in [1.165, 1.54) is 16.4 Å².